The van der Waals surface area contributed by atoms with Gasteiger partial charge < -0.3 is 10.6 Å². The second-order valence-corrected chi connectivity index (χ2v) is 3.30. The van der Waals surface area contributed by atoms with Crippen LogP contribution in [0.3, 0.4) is 0 Å². The highest BCUT2D eigenvalue weighted by molar-refractivity contribution is 7.80. The molecule has 7 heteroatoms. The number of thiocarbonyl (C=S) groups is 1. The number of halogens is 1. The molecule has 0 atom stereocenters. The molecule has 1 aromatic heterocycles. The monoisotopic (exact) mass is 237 g/mol. The maximum Gasteiger partial charge on any atom is 0.224 e. The maximum absolute atomic E-state index is 13.2. The minimum Gasteiger partial charge on any atom is -0.330 e. The van der Waals surface area contributed by atoms with Gasteiger partial charge in [-0.1, -0.05) is 12.1 Å². The number of aromatic nitrogens is 3. The zero-order chi connectivity index (χ0) is 11.4. The van der Waals surface area contributed by atoms with E-state index in [4.69, 9.17) is 12.2 Å². The van der Waals surface area contributed by atoms with Gasteiger partial charge in [-0.05, 0) is 24.4 Å². The Balaban J connectivity index is 2.00. The summed E-state index contributed by atoms with van der Waals surface area (Å²) >= 11 is 4.97. The van der Waals surface area contributed by atoms with Gasteiger partial charge in [0.1, 0.15) is 12.1 Å². The number of rotatable bonds is 2. The Kier molecular flexibility index (Phi) is 3.06. The Bertz CT molecular complexity index is 484. The van der Waals surface area contributed by atoms with Crippen LogP contribution in [-0.4, -0.2) is 20.3 Å². The highest BCUT2D eigenvalue weighted by atomic mass is 32.1. The first kappa shape index (κ1) is 10.5. The van der Waals surface area contributed by atoms with E-state index in [9.17, 15) is 4.39 Å². The highest BCUT2D eigenvalue weighted by Crippen LogP contribution is 2.12. The second kappa shape index (κ2) is 4.67. The summed E-state index contributed by atoms with van der Waals surface area (Å²) in [6.45, 7) is 0. The molecule has 0 bridgehead atoms. The first-order valence-corrected chi connectivity index (χ1v) is 4.84. The summed E-state index contributed by atoms with van der Waals surface area (Å²) in [5.74, 6) is 0.0260. The molecule has 0 radical (unpaired) electrons. The molecule has 0 aliphatic heterocycles. The number of nitrogens with one attached hydrogen (secondary N) is 3. The molecular weight excluding hydrogens is 229 g/mol. The Morgan fingerprint density at radius 1 is 1.31 bits per heavy atom. The van der Waals surface area contributed by atoms with E-state index in [-0.39, 0.29) is 10.9 Å². The van der Waals surface area contributed by atoms with E-state index < -0.39 is 0 Å². The van der Waals surface area contributed by atoms with Crippen molar-refractivity contribution in [1.82, 2.24) is 15.2 Å². The van der Waals surface area contributed by atoms with Crippen LogP contribution in [0.5, 0.6) is 0 Å². The van der Waals surface area contributed by atoms with Crippen molar-refractivity contribution in [2.24, 2.45) is 0 Å². The predicted molar refractivity (Wildman–Crippen MR) is 62.6 cm³/mol. The molecule has 16 heavy (non-hydrogen) atoms. The van der Waals surface area contributed by atoms with Crippen LogP contribution in [0.15, 0.2) is 30.6 Å². The quantitative estimate of drug-likeness (QED) is 0.694. The molecule has 3 N–H and O–H groups in total. The average molecular weight is 237 g/mol. The molecule has 1 aromatic carbocycles. The van der Waals surface area contributed by atoms with Crippen LogP contribution in [0.4, 0.5) is 16.0 Å². The highest BCUT2D eigenvalue weighted by Gasteiger charge is 2.03. The van der Waals surface area contributed by atoms with E-state index in [0.717, 1.165) is 0 Å². The van der Waals surface area contributed by atoms with Gasteiger partial charge in [0.25, 0.3) is 0 Å². The standard InChI is InChI=1S/C9H8FN5S/c10-6-3-1-2-4-7(6)13-9(16)14-8-11-5-12-15-8/h1-5H,(H3,11,12,13,14,15,16). The third-order valence-corrected chi connectivity index (χ3v) is 1.97. The smallest absolute Gasteiger partial charge is 0.224 e. The third kappa shape index (κ3) is 2.51. The van der Waals surface area contributed by atoms with Crippen LogP contribution in [0.2, 0.25) is 0 Å². The number of anilines is 2. The van der Waals surface area contributed by atoms with Gasteiger partial charge >= 0.3 is 0 Å². The van der Waals surface area contributed by atoms with Crippen molar-refractivity contribution in [2.45, 2.75) is 0 Å². The summed E-state index contributed by atoms with van der Waals surface area (Å²) in [7, 11) is 0. The van der Waals surface area contributed by atoms with Gasteiger partial charge in [-0.25, -0.2) is 9.49 Å². The summed E-state index contributed by atoms with van der Waals surface area (Å²) in [5, 5.41) is 11.9. The molecule has 0 aliphatic rings. The lowest BCUT2D eigenvalue weighted by Gasteiger charge is -2.08. The molecular formula is C9H8FN5S. The molecule has 82 valence electrons. The van der Waals surface area contributed by atoms with Crippen LogP contribution < -0.4 is 10.6 Å². The first-order chi connectivity index (χ1) is 7.75. The van der Waals surface area contributed by atoms with Crippen molar-refractivity contribution in [3.05, 3.63) is 36.4 Å². The van der Waals surface area contributed by atoms with Crippen molar-refractivity contribution >= 4 is 29.0 Å². The Labute approximate surface area is 96.1 Å². The number of nitrogens with zero attached hydrogens (tertiary/aromatic N) is 2. The fourth-order valence-corrected chi connectivity index (χ4v) is 1.30. The molecule has 0 fully saturated rings. The lowest BCUT2D eigenvalue weighted by Crippen LogP contribution is -2.20. The molecule has 0 spiro atoms. The average Bonchev–Trinajstić information content (AvgIpc) is 2.74. The lowest BCUT2D eigenvalue weighted by atomic mass is 10.3. The predicted octanol–water partition coefficient (Wildman–Crippen LogP) is 1.75. The van der Waals surface area contributed by atoms with Crippen molar-refractivity contribution in [2.75, 3.05) is 10.6 Å². The third-order valence-electron chi connectivity index (χ3n) is 1.77. The van der Waals surface area contributed by atoms with E-state index >= 15 is 0 Å². The Hall–Kier alpha value is -2.02. The first-order valence-electron chi connectivity index (χ1n) is 4.43. The fourth-order valence-electron chi connectivity index (χ4n) is 1.09. The zero-order valence-corrected chi connectivity index (χ0v) is 8.88. The van der Waals surface area contributed by atoms with Crippen molar-refractivity contribution in [3.63, 3.8) is 0 Å². The second-order valence-electron chi connectivity index (χ2n) is 2.89. The fraction of sp³-hybridized carbons (Fsp3) is 0. The van der Waals surface area contributed by atoms with Crippen LogP contribution in [0.25, 0.3) is 0 Å². The van der Waals surface area contributed by atoms with Crippen LogP contribution in [0, 0.1) is 5.82 Å². The molecule has 0 aliphatic carbocycles. The van der Waals surface area contributed by atoms with E-state index in [1.807, 2.05) is 0 Å². The minimum atomic E-state index is -0.371. The molecule has 1 heterocycles. The summed E-state index contributed by atoms with van der Waals surface area (Å²) in [5.41, 5.74) is 0.305. The van der Waals surface area contributed by atoms with E-state index in [2.05, 4.69) is 25.8 Å². The largest absolute Gasteiger partial charge is 0.330 e. The van der Waals surface area contributed by atoms with Gasteiger partial charge in [-0.3, -0.25) is 0 Å². The summed E-state index contributed by atoms with van der Waals surface area (Å²) in [6, 6.07) is 6.25. The van der Waals surface area contributed by atoms with Crippen LogP contribution in [-0.2, 0) is 0 Å². The van der Waals surface area contributed by atoms with Crippen molar-refractivity contribution in [3.8, 4) is 0 Å². The van der Waals surface area contributed by atoms with E-state index in [1.165, 1.54) is 12.4 Å². The Morgan fingerprint density at radius 3 is 2.81 bits per heavy atom. The topological polar surface area (TPSA) is 65.6 Å². The van der Waals surface area contributed by atoms with Crippen LogP contribution in [0.1, 0.15) is 0 Å². The van der Waals surface area contributed by atoms with Crippen molar-refractivity contribution < 1.29 is 4.39 Å². The normalized spacial score (nSPS) is 9.81. The molecule has 0 saturated carbocycles. The number of para-hydroxylation sites is 1. The summed E-state index contributed by atoms with van der Waals surface area (Å²) < 4.78 is 13.2. The summed E-state index contributed by atoms with van der Waals surface area (Å²) in [6.07, 6.45) is 1.34. The summed E-state index contributed by atoms with van der Waals surface area (Å²) in [4.78, 5) is 3.82. The van der Waals surface area contributed by atoms with Gasteiger partial charge in [-0.15, -0.1) is 0 Å². The molecule has 2 aromatic rings. The van der Waals surface area contributed by atoms with Gasteiger partial charge in [0.2, 0.25) is 5.95 Å². The maximum atomic E-state index is 13.2. The molecule has 2 rings (SSSR count). The lowest BCUT2D eigenvalue weighted by molar-refractivity contribution is 0.632. The van der Waals surface area contributed by atoms with Gasteiger partial charge in [0.15, 0.2) is 5.11 Å². The van der Waals surface area contributed by atoms with E-state index in [0.29, 0.717) is 11.6 Å². The number of aromatic amines is 1. The van der Waals surface area contributed by atoms with Crippen molar-refractivity contribution in [1.29, 1.82) is 0 Å². The van der Waals surface area contributed by atoms with Crippen LogP contribution >= 0.6 is 12.2 Å². The zero-order valence-electron chi connectivity index (χ0n) is 8.07. The molecule has 5 nitrogen and oxygen atoms in total. The SMILES string of the molecule is Fc1ccccc1NC(=S)Nc1ncn[nH]1. The van der Waals surface area contributed by atoms with Gasteiger partial charge in [-0.2, -0.15) is 10.1 Å². The van der Waals surface area contributed by atoms with E-state index in [1.54, 1.807) is 18.2 Å². The Morgan fingerprint density at radius 2 is 2.12 bits per heavy atom. The number of hydrogen-bond acceptors (Lipinski definition) is 3. The van der Waals surface area contributed by atoms with Gasteiger partial charge in [0.05, 0.1) is 5.69 Å². The molecule has 0 saturated heterocycles. The minimum absolute atomic E-state index is 0.238. The van der Waals surface area contributed by atoms with Gasteiger partial charge in [0, 0.05) is 0 Å². The molecule has 0 amide bonds. The molecule has 0 unspecified atom stereocenters. The number of benzene rings is 1. The number of H-pyrrole nitrogens is 1. The number of hydrogen-bond donors (Lipinski definition) is 3.